The molecular weight excluding hydrogens is 240 g/mol. The molecule has 100 valence electrons. The molecule has 0 saturated heterocycles. The zero-order valence-electron chi connectivity index (χ0n) is 11.2. The lowest BCUT2D eigenvalue weighted by atomic mass is 10.0. The first-order valence-corrected chi connectivity index (χ1v) is 6.58. The van der Waals surface area contributed by atoms with Gasteiger partial charge in [0.1, 0.15) is 6.04 Å². The molecule has 1 saturated carbocycles. The minimum Gasteiger partial charge on any atom is -0.480 e. The molecule has 0 amide bonds. The number of aliphatic carboxylic acids is 1. The van der Waals surface area contributed by atoms with E-state index in [9.17, 15) is 9.90 Å². The fourth-order valence-electron chi connectivity index (χ4n) is 2.81. The number of benzene rings is 1. The summed E-state index contributed by atoms with van der Waals surface area (Å²) in [6.07, 6.45) is 4.15. The van der Waals surface area contributed by atoms with Gasteiger partial charge in [0.2, 0.25) is 0 Å². The summed E-state index contributed by atoms with van der Waals surface area (Å²) in [6, 6.07) is 7.82. The molecule has 1 unspecified atom stereocenters. The first-order valence-electron chi connectivity index (χ1n) is 6.58. The van der Waals surface area contributed by atoms with Gasteiger partial charge in [-0.1, -0.05) is 18.2 Å². The number of carbonyl (C=O) groups is 1. The van der Waals surface area contributed by atoms with Crippen LogP contribution in [0.15, 0.2) is 30.5 Å². The van der Waals surface area contributed by atoms with Crippen LogP contribution in [0.1, 0.15) is 24.4 Å². The highest BCUT2D eigenvalue weighted by atomic mass is 16.4. The predicted octanol–water partition coefficient (Wildman–Crippen LogP) is 2.40. The third kappa shape index (κ3) is 2.02. The second kappa shape index (κ2) is 4.38. The maximum Gasteiger partial charge on any atom is 0.325 e. The molecule has 0 bridgehead atoms. The number of para-hydroxylation sites is 1. The molecule has 4 heteroatoms. The van der Waals surface area contributed by atoms with Gasteiger partial charge in [0.25, 0.3) is 0 Å². The van der Waals surface area contributed by atoms with Crippen molar-refractivity contribution in [1.29, 1.82) is 0 Å². The molecular formula is C15H18N2O2. The molecule has 1 atom stereocenters. The van der Waals surface area contributed by atoms with Gasteiger partial charge in [-0.3, -0.25) is 9.69 Å². The van der Waals surface area contributed by atoms with Crippen LogP contribution in [0.2, 0.25) is 0 Å². The number of likely N-dealkylation sites (N-methyl/N-ethyl adjacent to an activating group) is 1. The number of nitrogens with zero attached hydrogens (tertiary/aromatic N) is 2. The average Bonchev–Trinajstić information content (AvgIpc) is 3.17. The largest absolute Gasteiger partial charge is 0.480 e. The Kier molecular flexibility index (Phi) is 2.82. The Hall–Kier alpha value is -1.81. The summed E-state index contributed by atoms with van der Waals surface area (Å²) in [6.45, 7) is 0. The van der Waals surface area contributed by atoms with Crippen molar-refractivity contribution in [2.24, 2.45) is 7.05 Å². The Morgan fingerprint density at radius 3 is 2.74 bits per heavy atom. The second-order valence-corrected chi connectivity index (χ2v) is 5.35. The van der Waals surface area contributed by atoms with E-state index in [1.165, 1.54) is 0 Å². The second-order valence-electron chi connectivity index (χ2n) is 5.35. The van der Waals surface area contributed by atoms with Crippen molar-refractivity contribution in [2.75, 3.05) is 7.05 Å². The quantitative estimate of drug-likeness (QED) is 0.916. The highest BCUT2D eigenvalue weighted by molar-refractivity contribution is 5.89. The smallest absolute Gasteiger partial charge is 0.325 e. The number of carboxylic acid groups (broad SMARTS) is 1. The third-order valence-corrected chi connectivity index (χ3v) is 3.99. The first kappa shape index (κ1) is 12.2. The zero-order valence-corrected chi connectivity index (χ0v) is 11.2. The third-order valence-electron chi connectivity index (χ3n) is 3.99. The van der Waals surface area contributed by atoms with Crippen LogP contribution in [0.4, 0.5) is 0 Å². The number of fused-ring (bicyclic) bond motifs is 1. The molecule has 19 heavy (non-hydrogen) atoms. The molecule has 1 N–H and O–H groups in total. The molecule has 1 aliphatic carbocycles. The molecule has 2 aromatic rings. The SMILES string of the molecule is CN(C1CC1)C(C(=O)O)c1cn(C)c2ccccc12. The normalized spacial score (nSPS) is 17.0. The number of carboxylic acids is 1. The summed E-state index contributed by atoms with van der Waals surface area (Å²) in [7, 11) is 3.88. The molecule has 1 aromatic heterocycles. The maximum absolute atomic E-state index is 11.7. The van der Waals surface area contributed by atoms with E-state index >= 15 is 0 Å². The fraction of sp³-hybridized carbons (Fsp3) is 0.400. The predicted molar refractivity (Wildman–Crippen MR) is 74.1 cm³/mol. The van der Waals surface area contributed by atoms with Crippen LogP contribution in [0, 0.1) is 0 Å². The Morgan fingerprint density at radius 1 is 1.42 bits per heavy atom. The van der Waals surface area contributed by atoms with E-state index in [0.29, 0.717) is 6.04 Å². The molecule has 0 spiro atoms. The Labute approximate surface area is 112 Å². The molecule has 1 aromatic carbocycles. The topological polar surface area (TPSA) is 45.5 Å². The van der Waals surface area contributed by atoms with Gasteiger partial charge < -0.3 is 9.67 Å². The summed E-state index contributed by atoms with van der Waals surface area (Å²) in [5.74, 6) is -0.772. The van der Waals surface area contributed by atoms with E-state index in [0.717, 1.165) is 29.3 Å². The van der Waals surface area contributed by atoms with Gasteiger partial charge in [-0.2, -0.15) is 0 Å². The van der Waals surface area contributed by atoms with Gasteiger partial charge in [0.15, 0.2) is 0 Å². The minimum absolute atomic E-state index is 0.417. The van der Waals surface area contributed by atoms with Crippen LogP contribution >= 0.6 is 0 Å². The van der Waals surface area contributed by atoms with Gasteiger partial charge in [-0.05, 0) is 26.0 Å². The minimum atomic E-state index is -0.772. The van der Waals surface area contributed by atoms with Crippen molar-refractivity contribution in [1.82, 2.24) is 9.47 Å². The zero-order chi connectivity index (χ0) is 13.6. The number of aromatic nitrogens is 1. The van der Waals surface area contributed by atoms with Crippen molar-refractivity contribution in [3.05, 3.63) is 36.0 Å². The monoisotopic (exact) mass is 258 g/mol. The molecule has 4 nitrogen and oxygen atoms in total. The van der Waals surface area contributed by atoms with Crippen LogP contribution in [-0.4, -0.2) is 33.6 Å². The van der Waals surface area contributed by atoms with Crippen molar-refractivity contribution in [3.63, 3.8) is 0 Å². The van der Waals surface area contributed by atoms with Crippen molar-refractivity contribution >= 4 is 16.9 Å². The molecule has 0 aliphatic heterocycles. The molecule has 1 aliphatic rings. The van der Waals surface area contributed by atoms with Crippen molar-refractivity contribution in [3.8, 4) is 0 Å². The van der Waals surface area contributed by atoms with E-state index in [1.54, 1.807) is 0 Å². The van der Waals surface area contributed by atoms with E-state index in [2.05, 4.69) is 0 Å². The van der Waals surface area contributed by atoms with Gasteiger partial charge in [-0.15, -0.1) is 0 Å². The van der Waals surface area contributed by atoms with Crippen LogP contribution in [0.5, 0.6) is 0 Å². The van der Waals surface area contributed by atoms with Crippen molar-refractivity contribution in [2.45, 2.75) is 24.9 Å². The Bertz CT molecular complexity index is 628. The number of hydrogen-bond acceptors (Lipinski definition) is 2. The van der Waals surface area contributed by atoms with Gasteiger partial charge in [-0.25, -0.2) is 0 Å². The number of hydrogen-bond donors (Lipinski definition) is 1. The number of aryl methyl sites for hydroxylation is 1. The number of rotatable bonds is 4. The average molecular weight is 258 g/mol. The van der Waals surface area contributed by atoms with Crippen LogP contribution in [0.3, 0.4) is 0 Å². The van der Waals surface area contributed by atoms with E-state index in [-0.39, 0.29) is 0 Å². The summed E-state index contributed by atoms with van der Waals surface area (Å²) < 4.78 is 2.00. The molecule has 3 rings (SSSR count). The van der Waals surface area contributed by atoms with Crippen molar-refractivity contribution < 1.29 is 9.90 Å². The van der Waals surface area contributed by atoms with Gasteiger partial charge >= 0.3 is 5.97 Å². The lowest BCUT2D eigenvalue weighted by Gasteiger charge is -2.24. The molecule has 1 heterocycles. The highest BCUT2D eigenvalue weighted by Gasteiger charge is 2.36. The summed E-state index contributed by atoms with van der Waals surface area (Å²) >= 11 is 0. The molecule has 0 radical (unpaired) electrons. The van der Waals surface area contributed by atoms with E-state index in [1.807, 2.05) is 54.0 Å². The van der Waals surface area contributed by atoms with Gasteiger partial charge in [0.05, 0.1) is 0 Å². The Morgan fingerprint density at radius 2 is 2.11 bits per heavy atom. The summed E-state index contributed by atoms with van der Waals surface area (Å²) in [5.41, 5.74) is 1.97. The standard InChI is InChI=1S/C15H18N2O2/c1-16-9-12(11-5-3-4-6-13(11)16)14(15(18)19)17(2)10-7-8-10/h3-6,9-10,14H,7-8H2,1-2H3,(H,18,19). The fourth-order valence-corrected chi connectivity index (χ4v) is 2.81. The van der Waals surface area contributed by atoms with E-state index < -0.39 is 12.0 Å². The summed E-state index contributed by atoms with van der Waals surface area (Å²) in [5, 5.41) is 10.6. The van der Waals surface area contributed by atoms with Crippen LogP contribution < -0.4 is 0 Å². The lowest BCUT2D eigenvalue weighted by Crippen LogP contribution is -2.32. The van der Waals surface area contributed by atoms with Crippen LogP contribution in [-0.2, 0) is 11.8 Å². The van der Waals surface area contributed by atoms with Gasteiger partial charge in [0, 0.05) is 35.8 Å². The molecule has 1 fully saturated rings. The lowest BCUT2D eigenvalue weighted by molar-refractivity contribution is -0.143. The Balaban J connectivity index is 2.12. The van der Waals surface area contributed by atoms with Crippen LogP contribution in [0.25, 0.3) is 10.9 Å². The van der Waals surface area contributed by atoms with E-state index in [4.69, 9.17) is 0 Å². The highest BCUT2D eigenvalue weighted by Crippen LogP contribution is 2.36. The first-order chi connectivity index (χ1) is 9.09. The maximum atomic E-state index is 11.7. The summed E-state index contributed by atoms with van der Waals surface area (Å²) in [4.78, 5) is 13.7.